The number of carbonyl (C=O) groups is 1. The van der Waals surface area contributed by atoms with Crippen molar-refractivity contribution >= 4 is 5.78 Å². The Bertz CT molecular complexity index is 712. The molecule has 24 heavy (non-hydrogen) atoms. The lowest BCUT2D eigenvalue weighted by Crippen LogP contribution is -2.09. The van der Waals surface area contributed by atoms with Crippen LogP contribution in [0.1, 0.15) is 28.4 Å². The molecule has 0 heterocycles. The molecule has 5 nitrogen and oxygen atoms in total. The van der Waals surface area contributed by atoms with Gasteiger partial charge < -0.3 is 19.3 Å². The Morgan fingerprint density at radius 3 is 2.17 bits per heavy atom. The van der Waals surface area contributed by atoms with Crippen molar-refractivity contribution in [3.8, 4) is 17.2 Å². The molecule has 0 radical (unpaired) electrons. The zero-order valence-electron chi connectivity index (χ0n) is 13.7. The summed E-state index contributed by atoms with van der Waals surface area (Å²) in [6, 6.07) is 8.51. The highest BCUT2D eigenvalue weighted by Crippen LogP contribution is 2.40. The molecule has 1 unspecified atom stereocenters. The summed E-state index contributed by atoms with van der Waals surface area (Å²) in [6.45, 7) is 0. The molecule has 0 saturated carbocycles. The molecule has 0 fully saturated rings. The molecule has 0 aromatic heterocycles. The average molecular weight is 334 g/mol. The number of halogens is 1. The van der Waals surface area contributed by atoms with E-state index in [4.69, 9.17) is 14.2 Å². The minimum atomic E-state index is -1.05. The first-order chi connectivity index (χ1) is 11.5. The van der Waals surface area contributed by atoms with Gasteiger partial charge in [-0.15, -0.1) is 0 Å². The normalized spacial score (nSPS) is 11.7. The van der Waals surface area contributed by atoms with E-state index in [1.54, 1.807) is 12.1 Å². The second-order valence-corrected chi connectivity index (χ2v) is 5.08. The van der Waals surface area contributed by atoms with Gasteiger partial charge in [0.05, 0.1) is 33.0 Å². The van der Waals surface area contributed by atoms with Crippen LogP contribution >= 0.6 is 0 Å². The Hall–Kier alpha value is -2.60. The summed E-state index contributed by atoms with van der Waals surface area (Å²) in [5.74, 6) is 0.253. The molecule has 2 rings (SSSR count). The van der Waals surface area contributed by atoms with E-state index in [1.165, 1.54) is 45.6 Å². The quantitative estimate of drug-likeness (QED) is 0.788. The Balaban J connectivity index is 2.27. The number of Topliss-reactive ketones (excluding diaryl/α,β-unsaturated/α-hetero) is 1. The van der Waals surface area contributed by atoms with Gasteiger partial charge in [0.1, 0.15) is 5.82 Å². The van der Waals surface area contributed by atoms with Gasteiger partial charge in [0.15, 0.2) is 17.3 Å². The predicted molar refractivity (Wildman–Crippen MR) is 86.4 cm³/mol. The number of aliphatic hydroxyl groups excluding tert-OH is 1. The van der Waals surface area contributed by atoms with Gasteiger partial charge >= 0.3 is 0 Å². The average Bonchev–Trinajstić information content (AvgIpc) is 2.60. The van der Waals surface area contributed by atoms with E-state index >= 15 is 0 Å². The van der Waals surface area contributed by atoms with Crippen molar-refractivity contribution in [1.29, 1.82) is 0 Å². The van der Waals surface area contributed by atoms with Crippen LogP contribution in [0, 0.1) is 5.82 Å². The number of hydrogen-bond acceptors (Lipinski definition) is 5. The minimum Gasteiger partial charge on any atom is -0.493 e. The van der Waals surface area contributed by atoms with Crippen LogP contribution in [-0.4, -0.2) is 32.2 Å². The van der Waals surface area contributed by atoms with Gasteiger partial charge in [0.25, 0.3) is 0 Å². The van der Waals surface area contributed by atoms with Gasteiger partial charge in [-0.2, -0.15) is 0 Å². The van der Waals surface area contributed by atoms with Gasteiger partial charge in [0.2, 0.25) is 5.75 Å². The molecule has 2 aromatic rings. The molecule has 1 N–H and O–H groups in total. The monoisotopic (exact) mass is 334 g/mol. The van der Waals surface area contributed by atoms with Crippen LogP contribution in [0.4, 0.5) is 4.39 Å². The number of rotatable bonds is 7. The molecule has 0 saturated heterocycles. The topological polar surface area (TPSA) is 65.0 Å². The van der Waals surface area contributed by atoms with E-state index in [2.05, 4.69) is 0 Å². The van der Waals surface area contributed by atoms with Crippen molar-refractivity contribution in [2.45, 2.75) is 12.5 Å². The summed E-state index contributed by atoms with van der Waals surface area (Å²) in [5, 5.41) is 10.2. The number of benzene rings is 2. The number of methoxy groups -OCH3 is 3. The summed E-state index contributed by atoms with van der Waals surface area (Å²) in [7, 11) is 4.35. The molecule has 0 aliphatic rings. The third kappa shape index (κ3) is 3.65. The lowest BCUT2D eigenvalue weighted by Gasteiger charge is -2.16. The fourth-order valence-corrected chi connectivity index (χ4v) is 2.41. The third-order valence-corrected chi connectivity index (χ3v) is 3.64. The highest BCUT2D eigenvalue weighted by molar-refractivity contribution is 6.00. The third-order valence-electron chi connectivity index (χ3n) is 3.64. The summed E-state index contributed by atoms with van der Waals surface area (Å²) < 4.78 is 28.6. The SMILES string of the molecule is COc1ccc(C(=O)CC(O)c2ccc(F)cc2)c(OC)c1OC. The minimum absolute atomic E-state index is 0.169. The zero-order valence-corrected chi connectivity index (χ0v) is 13.7. The Morgan fingerprint density at radius 2 is 1.62 bits per heavy atom. The molecule has 6 heteroatoms. The molecule has 128 valence electrons. The van der Waals surface area contributed by atoms with Crippen molar-refractivity contribution in [2.24, 2.45) is 0 Å². The van der Waals surface area contributed by atoms with Crippen LogP contribution in [0.2, 0.25) is 0 Å². The fourth-order valence-electron chi connectivity index (χ4n) is 2.41. The molecule has 0 bridgehead atoms. The molecular formula is C18H19FO5. The van der Waals surface area contributed by atoms with Crippen LogP contribution in [0.15, 0.2) is 36.4 Å². The summed E-state index contributed by atoms with van der Waals surface area (Å²) in [6.07, 6.45) is -1.21. The van der Waals surface area contributed by atoms with E-state index in [0.29, 0.717) is 17.1 Å². The number of carbonyl (C=O) groups excluding carboxylic acids is 1. The lowest BCUT2D eigenvalue weighted by atomic mass is 9.99. The fraction of sp³-hybridized carbons (Fsp3) is 0.278. The van der Waals surface area contributed by atoms with E-state index in [-0.39, 0.29) is 23.5 Å². The van der Waals surface area contributed by atoms with E-state index in [9.17, 15) is 14.3 Å². The summed E-state index contributed by atoms with van der Waals surface area (Å²) >= 11 is 0. The van der Waals surface area contributed by atoms with Crippen LogP contribution < -0.4 is 14.2 Å². The van der Waals surface area contributed by atoms with Crippen LogP contribution in [0.5, 0.6) is 17.2 Å². The van der Waals surface area contributed by atoms with Crippen LogP contribution in [0.3, 0.4) is 0 Å². The Morgan fingerprint density at radius 1 is 1.00 bits per heavy atom. The smallest absolute Gasteiger partial charge is 0.204 e. The first-order valence-electron chi connectivity index (χ1n) is 7.27. The second kappa shape index (κ2) is 7.79. The van der Waals surface area contributed by atoms with Gasteiger partial charge in [-0.1, -0.05) is 12.1 Å². The lowest BCUT2D eigenvalue weighted by molar-refractivity contribution is 0.0876. The van der Waals surface area contributed by atoms with Gasteiger partial charge in [-0.3, -0.25) is 4.79 Å². The van der Waals surface area contributed by atoms with Gasteiger partial charge in [-0.25, -0.2) is 4.39 Å². The summed E-state index contributed by atoms with van der Waals surface area (Å²) in [5.41, 5.74) is 0.737. The first-order valence-corrected chi connectivity index (χ1v) is 7.27. The van der Waals surface area contributed by atoms with Crippen molar-refractivity contribution in [1.82, 2.24) is 0 Å². The predicted octanol–water partition coefficient (Wildman–Crippen LogP) is 3.16. The van der Waals surface area contributed by atoms with Crippen LogP contribution in [-0.2, 0) is 0 Å². The zero-order chi connectivity index (χ0) is 17.7. The van der Waals surface area contributed by atoms with E-state index in [1.807, 2.05) is 0 Å². The van der Waals surface area contributed by atoms with Crippen LogP contribution in [0.25, 0.3) is 0 Å². The molecule has 2 aromatic carbocycles. The molecule has 0 aliphatic carbocycles. The van der Waals surface area contributed by atoms with Crippen molar-refractivity contribution in [2.75, 3.05) is 21.3 Å². The molecule has 0 aliphatic heterocycles. The van der Waals surface area contributed by atoms with Gasteiger partial charge in [-0.05, 0) is 29.8 Å². The standard InChI is InChI=1S/C18H19FO5/c1-22-16-9-8-13(17(23-2)18(16)24-3)15(21)10-14(20)11-4-6-12(19)7-5-11/h4-9,14,20H,10H2,1-3H3. The van der Waals surface area contributed by atoms with E-state index < -0.39 is 11.9 Å². The highest BCUT2D eigenvalue weighted by atomic mass is 19.1. The van der Waals surface area contributed by atoms with Gasteiger partial charge in [0, 0.05) is 6.42 Å². The molecular weight excluding hydrogens is 315 g/mol. The van der Waals surface area contributed by atoms with Crippen molar-refractivity contribution in [3.63, 3.8) is 0 Å². The maximum Gasteiger partial charge on any atom is 0.204 e. The van der Waals surface area contributed by atoms with Crippen molar-refractivity contribution < 1.29 is 28.5 Å². The van der Waals surface area contributed by atoms with Crippen molar-refractivity contribution in [3.05, 3.63) is 53.3 Å². The first kappa shape index (κ1) is 17.7. The molecule has 0 spiro atoms. The Labute approximate surface area is 139 Å². The number of ether oxygens (including phenoxy) is 3. The Kier molecular flexibility index (Phi) is 5.76. The van der Waals surface area contributed by atoms with E-state index in [0.717, 1.165) is 0 Å². The maximum absolute atomic E-state index is 12.9. The number of hydrogen-bond donors (Lipinski definition) is 1. The molecule has 1 atom stereocenters. The molecule has 0 amide bonds. The number of ketones is 1. The number of aliphatic hydroxyl groups is 1. The second-order valence-electron chi connectivity index (χ2n) is 5.08. The highest BCUT2D eigenvalue weighted by Gasteiger charge is 2.23. The largest absolute Gasteiger partial charge is 0.493 e. The summed E-state index contributed by atoms with van der Waals surface area (Å²) in [4.78, 5) is 12.5. The maximum atomic E-state index is 12.9.